The quantitative estimate of drug-likeness (QED) is 0.162. The van der Waals surface area contributed by atoms with Gasteiger partial charge in [-0.15, -0.1) is 57.3 Å². The first kappa shape index (κ1) is 58.6. The van der Waals surface area contributed by atoms with Gasteiger partial charge >= 0.3 is 0 Å². The zero-order valence-electron chi connectivity index (χ0n) is 38.4. The Morgan fingerprint density at radius 1 is 0.471 bits per heavy atom. The molecule has 0 aliphatic carbocycles. The van der Waals surface area contributed by atoms with Crippen LogP contribution in [0.1, 0.15) is 44.6 Å². The predicted molar refractivity (Wildman–Crippen MR) is 294 cm³/mol. The van der Waals surface area contributed by atoms with E-state index >= 15 is 0 Å². The van der Waals surface area contributed by atoms with Crippen molar-refractivity contribution in [1.29, 1.82) is 0 Å². The van der Waals surface area contributed by atoms with Gasteiger partial charge in [-0.2, -0.15) is 0 Å². The molecule has 0 aliphatic heterocycles. The summed E-state index contributed by atoms with van der Waals surface area (Å²) in [6.07, 6.45) is 46.5. The molecular weight excluding hydrogens is 947 g/mol. The second kappa shape index (κ2) is 38.8. The summed E-state index contributed by atoms with van der Waals surface area (Å²) < 4.78 is 18.2. The van der Waals surface area contributed by atoms with Crippen LogP contribution in [0, 0.1) is 105 Å². The van der Waals surface area contributed by atoms with Crippen LogP contribution in [0.5, 0.6) is 5.75 Å². The third-order valence-corrected chi connectivity index (χ3v) is 8.80. The van der Waals surface area contributed by atoms with Crippen molar-refractivity contribution in [2.45, 2.75) is 6.42 Å². The number of nitrogens with zero attached hydrogens (tertiary/aromatic N) is 2. The van der Waals surface area contributed by atoms with E-state index in [-0.39, 0.29) is 5.82 Å². The van der Waals surface area contributed by atoms with Crippen LogP contribution in [-0.2, 0) is 6.42 Å². The van der Waals surface area contributed by atoms with E-state index in [1.165, 1.54) is 17.7 Å². The highest BCUT2D eigenvalue weighted by Crippen LogP contribution is 2.11. The molecule has 0 fully saturated rings. The maximum atomic E-state index is 12.2. The Kier molecular flexibility index (Phi) is 32.5. The van der Waals surface area contributed by atoms with Crippen molar-refractivity contribution in [2.75, 3.05) is 7.11 Å². The topological polar surface area (TPSA) is 35.0 Å². The minimum absolute atomic E-state index is 0.256. The molecule has 0 atom stereocenters. The van der Waals surface area contributed by atoms with E-state index in [1.54, 1.807) is 56.0 Å². The Bertz CT molecular complexity index is 2750. The average Bonchev–Trinajstić information content (AvgIpc) is 3.44. The van der Waals surface area contributed by atoms with Crippen molar-refractivity contribution in [2.24, 2.45) is 0 Å². The third-order valence-electron chi connectivity index (χ3n) is 8.02. The second-order valence-electron chi connectivity index (χ2n) is 12.9. The van der Waals surface area contributed by atoms with E-state index < -0.39 is 0 Å². The Morgan fingerprint density at radius 2 is 0.900 bits per heavy atom. The summed E-state index contributed by atoms with van der Waals surface area (Å²) in [6.45, 7) is 0. The molecule has 0 bridgehead atoms. The third kappa shape index (κ3) is 29.2. The van der Waals surface area contributed by atoms with Crippen LogP contribution in [0.4, 0.5) is 4.39 Å². The zero-order valence-corrected chi connectivity index (χ0v) is 40.7. The van der Waals surface area contributed by atoms with Crippen molar-refractivity contribution in [3.8, 4) is 104 Å². The van der Waals surface area contributed by atoms with Gasteiger partial charge < -0.3 is 4.74 Å². The molecule has 0 amide bonds. The van der Waals surface area contributed by atoms with E-state index in [0.717, 1.165) is 44.5 Å². The molecule has 0 unspecified atom stereocenters. The Balaban J connectivity index is 0.000000400. The van der Waals surface area contributed by atoms with Crippen LogP contribution < -0.4 is 4.74 Å². The maximum absolute atomic E-state index is 12.2. The molecular formula is C64H47BrClFN2O. The SMILES string of the molecule is C#CCc1ccccc1.C#Cc1ccc(Br)cc1.C#Cc1ccc(Cl)cc1.C#Cc1ccc(F)cc1.C#Cc1ccc(OC)cc1.C#Cc1ccccc1.C#Cc1ccccn1.C#Cc1cccnc1. The number of pyridine rings is 2. The highest BCUT2D eigenvalue weighted by atomic mass is 79.9. The lowest BCUT2D eigenvalue weighted by atomic mass is 10.2. The van der Waals surface area contributed by atoms with Crippen LogP contribution in [0.2, 0.25) is 5.02 Å². The van der Waals surface area contributed by atoms with Gasteiger partial charge in [0.05, 0.1) is 7.11 Å². The molecule has 340 valence electrons. The summed E-state index contributed by atoms with van der Waals surface area (Å²) in [5, 5.41) is 0.717. The lowest BCUT2D eigenvalue weighted by molar-refractivity contribution is 0.415. The minimum Gasteiger partial charge on any atom is -0.497 e. The molecule has 0 aliphatic rings. The number of rotatable bonds is 2. The van der Waals surface area contributed by atoms with Gasteiger partial charge in [0, 0.05) is 67.9 Å². The molecule has 2 heterocycles. The molecule has 70 heavy (non-hydrogen) atoms. The van der Waals surface area contributed by atoms with Crippen LogP contribution in [0.25, 0.3) is 0 Å². The molecule has 6 aromatic carbocycles. The summed E-state index contributed by atoms with van der Waals surface area (Å²) in [7, 11) is 1.63. The van der Waals surface area contributed by atoms with Crippen LogP contribution in [0.15, 0.2) is 211 Å². The highest BCUT2D eigenvalue weighted by molar-refractivity contribution is 9.10. The van der Waals surface area contributed by atoms with Gasteiger partial charge in [-0.05, 0) is 139 Å². The maximum Gasteiger partial charge on any atom is 0.123 e. The van der Waals surface area contributed by atoms with Gasteiger partial charge in [-0.3, -0.25) is 4.98 Å². The highest BCUT2D eigenvalue weighted by Gasteiger charge is 1.89. The summed E-state index contributed by atoms with van der Waals surface area (Å²) in [4.78, 5) is 7.67. The van der Waals surface area contributed by atoms with Crippen molar-refractivity contribution in [3.05, 3.63) is 267 Å². The predicted octanol–water partition coefficient (Wildman–Crippen LogP) is 13.9. The first-order chi connectivity index (χ1) is 34.1. The standard InChI is InChI=1S/C9H8O.C9H8.C8H5Br.C8H5Cl.C8H5F.C8H6.2C7H5N/c1-3-8-4-6-9(10-2)7-5-8;1-2-6-9-7-4-3-5-8-9;3*1-2-7-3-5-8(9)6-4-7;1-2-8-6-4-3-5-7-8;1-2-7-4-3-5-8-6-7;1-2-7-5-3-4-6-8-7/h1,4-7H,2H3;1,3-5,7-8H,6H2;3*1,3-6H;1,3-7H;2*1,3-6H. The zero-order chi connectivity index (χ0) is 51.5. The monoisotopic (exact) mass is 992 g/mol. The van der Waals surface area contributed by atoms with E-state index in [9.17, 15) is 4.39 Å². The molecule has 2 aromatic heterocycles. The number of hydrogen-bond acceptors (Lipinski definition) is 3. The first-order valence-corrected chi connectivity index (χ1v) is 21.8. The van der Waals surface area contributed by atoms with Crippen molar-refractivity contribution < 1.29 is 9.13 Å². The molecule has 8 rings (SSSR count). The smallest absolute Gasteiger partial charge is 0.123 e. The van der Waals surface area contributed by atoms with E-state index in [1.807, 2.05) is 146 Å². The number of terminal acetylenes is 8. The van der Waals surface area contributed by atoms with Crippen molar-refractivity contribution >= 4 is 27.5 Å². The fraction of sp³-hybridized carbons (Fsp3) is 0.0312. The molecule has 8 aromatic rings. The van der Waals surface area contributed by atoms with Gasteiger partial charge in [-0.1, -0.05) is 124 Å². The Hall–Kier alpha value is -9.40. The van der Waals surface area contributed by atoms with Gasteiger partial charge in [0.25, 0.3) is 0 Å². The van der Waals surface area contributed by atoms with E-state index in [2.05, 4.69) is 73.3 Å². The van der Waals surface area contributed by atoms with Gasteiger partial charge in [-0.25, -0.2) is 9.37 Å². The molecule has 0 saturated heterocycles. The molecule has 0 radical (unpaired) electrons. The summed E-state index contributed by atoms with van der Waals surface area (Å²) in [6, 6.07) is 56.8. The molecule has 0 spiro atoms. The molecule has 0 saturated carbocycles. The first-order valence-electron chi connectivity index (χ1n) is 20.6. The molecule has 3 nitrogen and oxygen atoms in total. The fourth-order valence-corrected chi connectivity index (χ4v) is 4.86. The van der Waals surface area contributed by atoms with Gasteiger partial charge in [0.2, 0.25) is 0 Å². The van der Waals surface area contributed by atoms with Gasteiger partial charge in [0.1, 0.15) is 17.3 Å². The number of methoxy groups -OCH3 is 1. The lowest BCUT2D eigenvalue weighted by Crippen LogP contribution is -1.81. The van der Waals surface area contributed by atoms with E-state index in [0.29, 0.717) is 16.3 Å². The average molecular weight is 994 g/mol. The second-order valence-corrected chi connectivity index (χ2v) is 14.3. The largest absolute Gasteiger partial charge is 0.497 e. The summed E-state index contributed by atoms with van der Waals surface area (Å²) >= 11 is 8.91. The molecule has 0 N–H and O–H groups in total. The van der Waals surface area contributed by atoms with Crippen molar-refractivity contribution in [1.82, 2.24) is 9.97 Å². The number of halogens is 3. The summed E-state index contributed by atoms with van der Waals surface area (Å²) in [5.74, 6) is 20.5. The Labute approximate surface area is 428 Å². The van der Waals surface area contributed by atoms with Crippen LogP contribution in [-0.4, -0.2) is 17.1 Å². The summed E-state index contributed by atoms with van der Waals surface area (Å²) in [5.41, 5.74) is 7.02. The molecule has 6 heteroatoms. The fourth-order valence-electron chi connectivity index (χ4n) is 4.47. The van der Waals surface area contributed by atoms with Crippen LogP contribution >= 0.6 is 27.5 Å². The lowest BCUT2D eigenvalue weighted by Gasteiger charge is -1.96. The van der Waals surface area contributed by atoms with Crippen LogP contribution in [0.3, 0.4) is 0 Å². The number of aromatic nitrogens is 2. The Morgan fingerprint density at radius 3 is 1.27 bits per heavy atom. The van der Waals surface area contributed by atoms with Gasteiger partial charge in [0.15, 0.2) is 0 Å². The van der Waals surface area contributed by atoms with Crippen molar-refractivity contribution in [3.63, 3.8) is 0 Å². The number of ether oxygens (including phenoxy) is 1. The minimum atomic E-state index is -0.256. The number of benzene rings is 6. The van der Waals surface area contributed by atoms with E-state index in [4.69, 9.17) is 67.7 Å². The number of hydrogen-bond donors (Lipinski definition) is 0. The normalized spacial score (nSPS) is 8.23.